The SMILES string of the molecule is CC(C)C(C)(C)POc1ccccc1. The molecule has 0 aliphatic rings. The van der Waals surface area contributed by atoms with Crippen LogP contribution in [0, 0.1) is 5.92 Å². The van der Waals surface area contributed by atoms with E-state index in [2.05, 4.69) is 27.7 Å². The minimum Gasteiger partial charge on any atom is -0.477 e. The summed E-state index contributed by atoms with van der Waals surface area (Å²) in [6, 6.07) is 10.0. The molecule has 0 bridgehead atoms. The number of hydrogen-bond acceptors (Lipinski definition) is 1. The van der Waals surface area contributed by atoms with Gasteiger partial charge in [-0.3, -0.25) is 0 Å². The van der Waals surface area contributed by atoms with Gasteiger partial charge in [0.2, 0.25) is 0 Å². The van der Waals surface area contributed by atoms with Gasteiger partial charge >= 0.3 is 0 Å². The van der Waals surface area contributed by atoms with Crippen molar-refractivity contribution in [2.45, 2.75) is 32.9 Å². The molecule has 0 saturated carbocycles. The van der Waals surface area contributed by atoms with Gasteiger partial charge < -0.3 is 4.52 Å². The molecule has 0 amide bonds. The zero-order valence-electron chi connectivity index (χ0n) is 9.37. The van der Waals surface area contributed by atoms with Crippen LogP contribution >= 0.6 is 8.81 Å². The zero-order chi connectivity index (χ0) is 10.6. The molecule has 1 aromatic rings. The highest BCUT2D eigenvalue weighted by Crippen LogP contribution is 2.38. The van der Waals surface area contributed by atoms with Crippen molar-refractivity contribution in [1.29, 1.82) is 0 Å². The zero-order valence-corrected chi connectivity index (χ0v) is 10.4. The fraction of sp³-hybridized carbons (Fsp3) is 0.500. The van der Waals surface area contributed by atoms with Crippen molar-refractivity contribution in [3.63, 3.8) is 0 Å². The minimum atomic E-state index is 0.260. The van der Waals surface area contributed by atoms with E-state index in [4.69, 9.17) is 4.52 Å². The van der Waals surface area contributed by atoms with Gasteiger partial charge in [-0.15, -0.1) is 0 Å². The lowest BCUT2D eigenvalue weighted by Crippen LogP contribution is -2.21. The Balaban J connectivity index is 2.49. The van der Waals surface area contributed by atoms with E-state index in [-0.39, 0.29) is 5.16 Å². The summed E-state index contributed by atoms with van der Waals surface area (Å²) < 4.78 is 5.76. The summed E-state index contributed by atoms with van der Waals surface area (Å²) in [7, 11) is 0.517. The fourth-order valence-electron chi connectivity index (χ4n) is 0.797. The van der Waals surface area contributed by atoms with E-state index in [1.54, 1.807) is 0 Å². The van der Waals surface area contributed by atoms with E-state index in [1.165, 1.54) is 0 Å². The first-order chi connectivity index (χ1) is 6.52. The molecular formula is C12H19OP. The van der Waals surface area contributed by atoms with E-state index < -0.39 is 0 Å². The number of para-hydroxylation sites is 1. The van der Waals surface area contributed by atoms with Crippen LogP contribution in [0.3, 0.4) is 0 Å². The van der Waals surface area contributed by atoms with E-state index >= 15 is 0 Å². The predicted octanol–water partition coefficient (Wildman–Crippen LogP) is 4.09. The molecule has 1 unspecified atom stereocenters. The summed E-state index contributed by atoms with van der Waals surface area (Å²) in [6.07, 6.45) is 0. The first kappa shape index (κ1) is 11.5. The van der Waals surface area contributed by atoms with E-state index in [9.17, 15) is 0 Å². The molecule has 0 saturated heterocycles. The van der Waals surface area contributed by atoms with Gasteiger partial charge in [0.25, 0.3) is 0 Å². The lowest BCUT2D eigenvalue weighted by atomic mass is 10.00. The summed E-state index contributed by atoms with van der Waals surface area (Å²) in [5.41, 5.74) is 0. The van der Waals surface area contributed by atoms with Crippen LogP contribution in [0.25, 0.3) is 0 Å². The quantitative estimate of drug-likeness (QED) is 0.680. The molecule has 0 heterocycles. The maximum atomic E-state index is 5.76. The molecule has 0 aliphatic heterocycles. The predicted molar refractivity (Wildman–Crippen MR) is 64.3 cm³/mol. The molecule has 0 radical (unpaired) electrons. The van der Waals surface area contributed by atoms with Crippen molar-refractivity contribution < 1.29 is 4.52 Å². The largest absolute Gasteiger partial charge is 0.477 e. The normalized spacial score (nSPS) is 12.6. The van der Waals surface area contributed by atoms with Crippen molar-refractivity contribution in [2.24, 2.45) is 5.92 Å². The van der Waals surface area contributed by atoms with E-state index in [0.717, 1.165) is 5.75 Å². The molecule has 1 nitrogen and oxygen atoms in total. The third-order valence-corrected chi connectivity index (χ3v) is 4.06. The van der Waals surface area contributed by atoms with Crippen LogP contribution in [0.1, 0.15) is 27.7 Å². The summed E-state index contributed by atoms with van der Waals surface area (Å²) in [6.45, 7) is 8.97. The van der Waals surface area contributed by atoms with E-state index in [0.29, 0.717) is 14.7 Å². The lowest BCUT2D eigenvalue weighted by molar-refractivity contribution is 0.467. The molecule has 78 valence electrons. The van der Waals surface area contributed by atoms with Gasteiger partial charge in [-0.25, -0.2) is 0 Å². The van der Waals surface area contributed by atoms with Gasteiger partial charge in [0.15, 0.2) is 0 Å². The fourth-order valence-corrected chi connectivity index (χ4v) is 1.55. The standard InChI is InChI=1S/C12H19OP/c1-10(2)12(3,4)14-13-11-8-6-5-7-9-11/h5-10,14H,1-4H3. The van der Waals surface area contributed by atoms with Gasteiger partial charge in [0.05, 0.1) is 8.81 Å². The van der Waals surface area contributed by atoms with Crippen LogP contribution in [0.15, 0.2) is 30.3 Å². The van der Waals surface area contributed by atoms with Crippen LogP contribution in [0.4, 0.5) is 0 Å². The molecular weight excluding hydrogens is 191 g/mol. The Kier molecular flexibility index (Phi) is 3.95. The molecule has 0 N–H and O–H groups in total. The molecule has 1 atom stereocenters. The van der Waals surface area contributed by atoms with Gasteiger partial charge in [0.1, 0.15) is 5.75 Å². The van der Waals surface area contributed by atoms with Crippen LogP contribution < -0.4 is 4.52 Å². The smallest absolute Gasteiger partial charge is 0.122 e. The van der Waals surface area contributed by atoms with E-state index in [1.807, 2.05) is 30.3 Å². The summed E-state index contributed by atoms with van der Waals surface area (Å²) in [5, 5.41) is 0.260. The Hall–Kier alpha value is -0.550. The second-order valence-electron chi connectivity index (χ2n) is 4.39. The van der Waals surface area contributed by atoms with Crippen molar-refractivity contribution in [2.75, 3.05) is 0 Å². The third kappa shape index (κ3) is 3.31. The van der Waals surface area contributed by atoms with Crippen molar-refractivity contribution in [1.82, 2.24) is 0 Å². The lowest BCUT2D eigenvalue weighted by Gasteiger charge is -2.28. The summed E-state index contributed by atoms with van der Waals surface area (Å²) >= 11 is 0. The molecule has 0 spiro atoms. The molecule has 0 fully saturated rings. The Labute approximate surface area is 88.7 Å². The second-order valence-corrected chi connectivity index (χ2v) is 6.09. The van der Waals surface area contributed by atoms with Gasteiger partial charge in [-0.2, -0.15) is 0 Å². The Bertz CT molecular complexity index is 267. The van der Waals surface area contributed by atoms with Crippen molar-refractivity contribution >= 4 is 8.81 Å². The van der Waals surface area contributed by atoms with Crippen LogP contribution in [0.2, 0.25) is 0 Å². The minimum absolute atomic E-state index is 0.260. The first-order valence-corrected chi connectivity index (χ1v) is 5.92. The van der Waals surface area contributed by atoms with Gasteiger partial charge in [-0.05, 0) is 18.1 Å². The maximum absolute atomic E-state index is 5.76. The highest BCUT2D eigenvalue weighted by Gasteiger charge is 2.23. The van der Waals surface area contributed by atoms with Gasteiger partial charge in [0, 0.05) is 5.16 Å². The summed E-state index contributed by atoms with van der Waals surface area (Å²) in [4.78, 5) is 0. The van der Waals surface area contributed by atoms with Crippen molar-refractivity contribution in [3.8, 4) is 5.75 Å². The Morgan fingerprint density at radius 2 is 1.71 bits per heavy atom. The molecule has 2 heteroatoms. The summed E-state index contributed by atoms with van der Waals surface area (Å²) in [5.74, 6) is 1.61. The van der Waals surface area contributed by atoms with Crippen LogP contribution in [-0.2, 0) is 0 Å². The molecule has 1 aromatic carbocycles. The molecule has 1 rings (SSSR count). The van der Waals surface area contributed by atoms with Gasteiger partial charge in [-0.1, -0.05) is 45.9 Å². The molecule has 14 heavy (non-hydrogen) atoms. The highest BCUT2D eigenvalue weighted by molar-refractivity contribution is 7.34. The number of rotatable bonds is 4. The molecule has 0 aliphatic carbocycles. The monoisotopic (exact) mass is 210 g/mol. The molecule has 0 aromatic heterocycles. The van der Waals surface area contributed by atoms with Crippen molar-refractivity contribution in [3.05, 3.63) is 30.3 Å². The number of hydrogen-bond donors (Lipinski definition) is 0. The highest BCUT2D eigenvalue weighted by atomic mass is 31.1. The maximum Gasteiger partial charge on any atom is 0.122 e. The second kappa shape index (κ2) is 4.79. The third-order valence-electron chi connectivity index (χ3n) is 2.62. The number of benzene rings is 1. The average Bonchev–Trinajstić information content (AvgIpc) is 2.16. The first-order valence-electron chi connectivity index (χ1n) is 5.01. The van der Waals surface area contributed by atoms with Crippen LogP contribution in [-0.4, -0.2) is 5.16 Å². The average molecular weight is 210 g/mol. The Morgan fingerprint density at radius 3 is 2.21 bits per heavy atom. The topological polar surface area (TPSA) is 9.23 Å². The Morgan fingerprint density at radius 1 is 1.14 bits per heavy atom. The van der Waals surface area contributed by atoms with Crippen LogP contribution in [0.5, 0.6) is 5.75 Å².